The van der Waals surface area contributed by atoms with Crippen molar-refractivity contribution in [1.29, 1.82) is 0 Å². The average molecular weight is 347 g/mol. The van der Waals surface area contributed by atoms with Crippen molar-refractivity contribution >= 4 is 35.7 Å². The van der Waals surface area contributed by atoms with E-state index in [0.29, 0.717) is 13.1 Å². The summed E-state index contributed by atoms with van der Waals surface area (Å²) in [5.41, 5.74) is 11.0. The maximum absolute atomic E-state index is 12.4. The summed E-state index contributed by atoms with van der Waals surface area (Å²) >= 11 is 1.50. The minimum absolute atomic E-state index is 0. The van der Waals surface area contributed by atoms with Crippen LogP contribution in [0.5, 0.6) is 0 Å². The van der Waals surface area contributed by atoms with Crippen molar-refractivity contribution in [3.05, 3.63) is 22.4 Å². The number of likely N-dealkylation sites (tertiary alicyclic amines) is 1. The number of nitrogens with two attached hydrogens (primary N) is 2. The monoisotopic (exact) mass is 346 g/mol. The van der Waals surface area contributed by atoms with Crippen LogP contribution in [0.1, 0.15) is 30.7 Å². The molecule has 5 N–H and O–H groups in total. The van der Waals surface area contributed by atoms with Crippen LogP contribution in [0.2, 0.25) is 0 Å². The summed E-state index contributed by atoms with van der Waals surface area (Å²) in [5, 5.41) is 4.56. The molecule has 1 aliphatic rings. The predicted molar refractivity (Wildman–Crippen MR) is 90.0 cm³/mol. The summed E-state index contributed by atoms with van der Waals surface area (Å²) in [6.45, 7) is 4.07. The van der Waals surface area contributed by atoms with E-state index in [1.807, 2.05) is 22.4 Å². The van der Waals surface area contributed by atoms with E-state index in [1.165, 1.54) is 11.3 Å². The number of halogens is 1. The lowest BCUT2D eigenvalue weighted by atomic mass is 9.90. The molecule has 0 aliphatic carbocycles. The van der Waals surface area contributed by atoms with Gasteiger partial charge in [0.2, 0.25) is 5.91 Å². The summed E-state index contributed by atoms with van der Waals surface area (Å²) in [5.74, 6) is 0.0272. The van der Waals surface area contributed by atoms with Crippen LogP contribution in [-0.2, 0) is 4.79 Å². The average Bonchev–Trinajstić information content (AvgIpc) is 3.07. The van der Waals surface area contributed by atoms with Crippen LogP contribution in [-0.4, -0.2) is 36.5 Å². The van der Waals surface area contributed by atoms with Crippen molar-refractivity contribution in [2.24, 2.45) is 16.9 Å². The van der Waals surface area contributed by atoms with Gasteiger partial charge in [-0.1, -0.05) is 13.0 Å². The summed E-state index contributed by atoms with van der Waals surface area (Å²) in [6, 6.07) is 2.81. The third-order valence-corrected chi connectivity index (χ3v) is 4.97. The van der Waals surface area contributed by atoms with Crippen LogP contribution >= 0.6 is 23.7 Å². The lowest BCUT2D eigenvalue weighted by Crippen LogP contribution is -2.38. The molecule has 124 valence electrons. The van der Waals surface area contributed by atoms with Crippen LogP contribution in [0.25, 0.3) is 0 Å². The first kappa shape index (κ1) is 18.7. The van der Waals surface area contributed by atoms with Gasteiger partial charge in [-0.05, 0) is 29.8 Å². The standard InChI is InChI=1S/C14H22N4O2S.ClH/c1-14(8-15)4-5-18(9-14)12(19)7-10(17-13(16)20)11-3-2-6-21-11;/h2-3,6,10H,4-5,7-9,15H2,1H3,(H3,16,17,20);1H. The molecule has 1 aromatic rings. The second kappa shape index (κ2) is 7.80. The number of hydrogen-bond donors (Lipinski definition) is 3. The molecule has 1 aromatic heterocycles. The summed E-state index contributed by atoms with van der Waals surface area (Å²) in [6.07, 6.45) is 1.15. The van der Waals surface area contributed by atoms with Gasteiger partial charge in [-0.3, -0.25) is 4.79 Å². The zero-order chi connectivity index (χ0) is 15.5. The van der Waals surface area contributed by atoms with Gasteiger partial charge in [0.1, 0.15) is 0 Å². The molecule has 1 aliphatic heterocycles. The fraction of sp³-hybridized carbons (Fsp3) is 0.571. The molecule has 8 heteroatoms. The molecule has 2 atom stereocenters. The fourth-order valence-corrected chi connectivity index (χ4v) is 3.37. The van der Waals surface area contributed by atoms with E-state index in [2.05, 4.69) is 12.2 Å². The predicted octanol–water partition coefficient (Wildman–Crippen LogP) is 1.47. The normalized spacial score (nSPS) is 22.0. The molecule has 22 heavy (non-hydrogen) atoms. The maximum Gasteiger partial charge on any atom is 0.312 e. The molecule has 0 aromatic carbocycles. The number of thiophene rings is 1. The topological polar surface area (TPSA) is 101 Å². The molecular weight excluding hydrogens is 324 g/mol. The van der Waals surface area contributed by atoms with E-state index < -0.39 is 6.03 Å². The summed E-state index contributed by atoms with van der Waals surface area (Å²) in [7, 11) is 0. The Morgan fingerprint density at radius 2 is 2.27 bits per heavy atom. The lowest BCUT2D eigenvalue weighted by Gasteiger charge is -2.24. The van der Waals surface area contributed by atoms with Gasteiger partial charge in [0.25, 0.3) is 0 Å². The third-order valence-electron chi connectivity index (χ3n) is 3.99. The largest absolute Gasteiger partial charge is 0.352 e. The number of carbonyl (C=O) groups is 2. The van der Waals surface area contributed by atoms with E-state index in [0.717, 1.165) is 17.8 Å². The number of nitrogens with zero attached hydrogens (tertiary/aromatic N) is 1. The number of amides is 3. The molecule has 3 amide bonds. The van der Waals surface area contributed by atoms with Gasteiger partial charge in [0.05, 0.1) is 12.5 Å². The van der Waals surface area contributed by atoms with Crippen molar-refractivity contribution in [2.75, 3.05) is 19.6 Å². The van der Waals surface area contributed by atoms with Gasteiger partial charge in [-0.2, -0.15) is 0 Å². The molecule has 2 heterocycles. The van der Waals surface area contributed by atoms with Crippen molar-refractivity contribution in [3.8, 4) is 0 Å². The highest BCUT2D eigenvalue weighted by Gasteiger charge is 2.35. The van der Waals surface area contributed by atoms with Crippen molar-refractivity contribution in [3.63, 3.8) is 0 Å². The Morgan fingerprint density at radius 1 is 1.55 bits per heavy atom. The van der Waals surface area contributed by atoms with Crippen LogP contribution in [0.15, 0.2) is 17.5 Å². The molecule has 2 unspecified atom stereocenters. The number of nitrogens with one attached hydrogen (secondary N) is 1. The quantitative estimate of drug-likeness (QED) is 0.752. The molecule has 0 spiro atoms. The molecular formula is C14H23ClN4O2S. The highest BCUT2D eigenvalue weighted by molar-refractivity contribution is 7.10. The van der Waals surface area contributed by atoms with Gasteiger partial charge in [0, 0.05) is 18.0 Å². The minimum atomic E-state index is -0.616. The summed E-state index contributed by atoms with van der Waals surface area (Å²) < 4.78 is 0. The van der Waals surface area contributed by atoms with E-state index in [1.54, 1.807) is 0 Å². The number of urea groups is 1. The zero-order valence-electron chi connectivity index (χ0n) is 12.6. The SMILES string of the molecule is CC1(CN)CCN(C(=O)CC(NC(N)=O)c2cccs2)C1.Cl. The number of rotatable bonds is 5. The van der Waals surface area contributed by atoms with Crippen molar-refractivity contribution in [2.45, 2.75) is 25.8 Å². The van der Waals surface area contributed by atoms with Gasteiger partial charge < -0.3 is 21.7 Å². The van der Waals surface area contributed by atoms with Gasteiger partial charge >= 0.3 is 6.03 Å². The van der Waals surface area contributed by atoms with Crippen molar-refractivity contribution < 1.29 is 9.59 Å². The van der Waals surface area contributed by atoms with Crippen LogP contribution in [0, 0.1) is 5.41 Å². The van der Waals surface area contributed by atoms with Gasteiger partial charge in [-0.15, -0.1) is 23.7 Å². The molecule has 2 rings (SSSR count). The minimum Gasteiger partial charge on any atom is -0.352 e. The third kappa shape index (κ3) is 4.59. The Balaban J connectivity index is 0.00000242. The van der Waals surface area contributed by atoms with Crippen LogP contribution in [0.3, 0.4) is 0 Å². The first-order chi connectivity index (χ1) is 9.93. The Kier molecular flexibility index (Phi) is 6.65. The Hall–Kier alpha value is -1.31. The van der Waals surface area contributed by atoms with E-state index in [-0.39, 0.29) is 36.2 Å². The first-order valence-electron chi connectivity index (χ1n) is 7.01. The smallest absolute Gasteiger partial charge is 0.312 e. The Morgan fingerprint density at radius 3 is 2.77 bits per heavy atom. The van der Waals surface area contributed by atoms with Gasteiger partial charge in [-0.25, -0.2) is 4.79 Å². The molecule has 0 radical (unpaired) electrons. The highest BCUT2D eigenvalue weighted by Crippen LogP contribution is 2.30. The molecule has 0 saturated carbocycles. The second-order valence-electron chi connectivity index (χ2n) is 5.86. The van der Waals surface area contributed by atoms with Crippen molar-refractivity contribution in [1.82, 2.24) is 10.2 Å². The van der Waals surface area contributed by atoms with E-state index in [4.69, 9.17) is 11.5 Å². The first-order valence-corrected chi connectivity index (χ1v) is 7.89. The Bertz CT molecular complexity index is 511. The fourth-order valence-electron chi connectivity index (χ4n) is 2.59. The van der Waals surface area contributed by atoms with Gasteiger partial charge in [0.15, 0.2) is 0 Å². The number of primary amides is 1. The lowest BCUT2D eigenvalue weighted by molar-refractivity contribution is -0.131. The maximum atomic E-state index is 12.4. The highest BCUT2D eigenvalue weighted by atomic mass is 35.5. The van der Waals surface area contributed by atoms with Crippen LogP contribution < -0.4 is 16.8 Å². The second-order valence-corrected chi connectivity index (χ2v) is 6.84. The molecule has 0 bridgehead atoms. The summed E-state index contributed by atoms with van der Waals surface area (Å²) in [4.78, 5) is 26.3. The molecule has 1 fully saturated rings. The molecule has 6 nitrogen and oxygen atoms in total. The zero-order valence-corrected chi connectivity index (χ0v) is 14.2. The number of carbonyl (C=O) groups excluding carboxylic acids is 2. The molecule has 1 saturated heterocycles. The van der Waals surface area contributed by atoms with Crippen LogP contribution in [0.4, 0.5) is 4.79 Å². The van der Waals surface area contributed by atoms with E-state index >= 15 is 0 Å². The Labute approximate surface area is 140 Å². The van der Waals surface area contributed by atoms with E-state index in [9.17, 15) is 9.59 Å². The number of hydrogen-bond acceptors (Lipinski definition) is 4.